The lowest BCUT2D eigenvalue weighted by Crippen LogP contribution is -2.72. The Balaban J connectivity index is 1.73. The van der Waals surface area contributed by atoms with Crippen molar-refractivity contribution in [1.29, 1.82) is 0 Å². The lowest BCUT2D eigenvalue weighted by atomic mass is 9.84. The van der Waals surface area contributed by atoms with Crippen molar-refractivity contribution in [2.24, 2.45) is 0 Å². The average Bonchev–Trinajstić information content (AvgIpc) is 3.27. The van der Waals surface area contributed by atoms with Crippen molar-refractivity contribution in [3.63, 3.8) is 0 Å². The van der Waals surface area contributed by atoms with E-state index in [-0.39, 0.29) is 5.66 Å². The predicted octanol–water partition coefficient (Wildman–Crippen LogP) is 4.76. The summed E-state index contributed by atoms with van der Waals surface area (Å²) in [7, 11) is 0. The maximum Gasteiger partial charge on any atom is 0.413 e. The molecule has 1 unspecified atom stereocenters. The minimum absolute atomic E-state index is 0.313. The molecule has 7 rings (SSSR count). The molecule has 2 aromatic heterocycles. The van der Waals surface area contributed by atoms with Crippen molar-refractivity contribution in [2.45, 2.75) is 18.5 Å². The summed E-state index contributed by atoms with van der Waals surface area (Å²) in [6.45, 7) is 0. The van der Waals surface area contributed by atoms with Gasteiger partial charge in [-0.25, -0.2) is 0 Å². The number of benzene rings is 2. The SMILES string of the molecule is C1=CC2=C(CC1)C1(c3ccccc3-c3cccc[n+]31)[n+]1ccc3ccccc3c12. The van der Waals surface area contributed by atoms with Crippen LogP contribution >= 0.6 is 0 Å². The fourth-order valence-corrected chi connectivity index (χ4v) is 5.79. The van der Waals surface area contributed by atoms with Crippen LogP contribution in [0.3, 0.4) is 0 Å². The molecule has 0 amide bonds. The predicted molar refractivity (Wildman–Crippen MR) is 114 cm³/mol. The Hall–Kier alpha value is -3.52. The molecule has 2 aromatic carbocycles. The van der Waals surface area contributed by atoms with E-state index < -0.39 is 0 Å². The van der Waals surface area contributed by atoms with Gasteiger partial charge in [-0.2, -0.15) is 0 Å². The maximum absolute atomic E-state index is 2.53. The zero-order valence-electron chi connectivity index (χ0n) is 16.0. The lowest BCUT2D eigenvalue weighted by Gasteiger charge is -2.20. The average molecular weight is 372 g/mol. The molecule has 2 heteroatoms. The number of nitrogens with zero attached hydrogens (tertiary/aromatic N) is 2. The van der Waals surface area contributed by atoms with E-state index in [0.29, 0.717) is 0 Å². The van der Waals surface area contributed by atoms with E-state index in [9.17, 15) is 0 Å². The van der Waals surface area contributed by atoms with Crippen molar-refractivity contribution >= 4 is 16.3 Å². The van der Waals surface area contributed by atoms with E-state index in [1.54, 1.807) is 0 Å². The molecule has 0 radical (unpaired) electrons. The second-order valence-corrected chi connectivity index (χ2v) is 8.13. The molecule has 1 aliphatic carbocycles. The Morgan fingerprint density at radius 3 is 2.62 bits per heavy atom. The zero-order valence-corrected chi connectivity index (χ0v) is 16.0. The smallest absolute Gasteiger partial charge is 0.126 e. The van der Waals surface area contributed by atoms with Crippen LogP contribution in [0.4, 0.5) is 0 Å². The van der Waals surface area contributed by atoms with Crippen molar-refractivity contribution in [2.75, 3.05) is 0 Å². The fraction of sp³-hybridized carbons (Fsp3) is 0.111. The number of fused-ring (bicyclic) bond motifs is 11. The third-order valence-electron chi connectivity index (χ3n) is 6.84. The summed E-state index contributed by atoms with van der Waals surface area (Å²) in [5.41, 5.74) is 7.94. The van der Waals surface area contributed by atoms with Crippen molar-refractivity contribution in [1.82, 2.24) is 0 Å². The number of rotatable bonds is 0. The highest BCUT2D eigenvalue weighted by atomic mass is 15.3. The molecule has 4 heterocycles. The van der Waals surface area contributed by atoms with E-state index in [1.165, 1.54) is 44.4 Å². The molecule has 1 spiro atoms. The quantitative estimate of drug-likeness (QED) is 0.393. The fourth-order valence-electron chi connectivity index (χ4n) is 5.79. The molecule has 0 bridgehead atoms. The highest BCUT2D eigenvalue weighted by molar-refractivity contribution is 5.95. The molecule has 0 saturated heterocycles. The molecule has 4 aromatic rings. The number of allylic oxidation sites excluding steroid dienone is 4. The van der Waals surface area contributed by atoms with Gasteiger partial charge in [0.05, 0.1) is 22.1 Å². The van der Waals surface area contributed by atoms with Crippen LogP contribution in [0.25, 0.3) is 27.6 Å². The third kappa shape index (κ3) is 1.69. The molecule has 29 heavy (non-hydrogen) atoms. The monoisotopic (exact) mass is 372 g/mol. The molecule has 0 saturated carbocycles. The van der Waals surface area contributed by atoms with Crippen molar-refractivity contribution in [3.05, 3.63) is 114 Å². The summed E-state index contributed by atoms with van der Waals surface area (Å²) in [5.74, 6) is 0. The van der Waals surface area contributed by atoms with Crippen LogP contribution in [0.15, 0.2) is 103 Å². The second-order valence-electron chi connectivity index (χ2n) is 8.13. The van der Waals surface area contributed by atoms with Crippen LogP contribution in [-0.4, -0.2) is 0 Å². The minimum Gasteiger partial charge on any atom is -0.126 e. The Labute approximate surface area is 169 Å². The number of hydrogen-bond acceptors (Lipinski definition) is 0. The third-order valence-corrected chi connectivity index (χ3v) is 6.84. The Morgan fingerprint density at radius 1 is 0.759 bits per heavy atom. The molecule has 3 aliphatic rings. The van der Waals surface area contributed by atoms with Gasteiger partial charge in [0.25, 0.3) is 0 Å². The normalized spacial score (nSPS) is 20.7. The number of aromatic nitrogens is 2. The second kappa shape index (κ2) is 5.30. The molecular formula is C27H20N2+2. The van der Waals surface area contributed by atoms with Gasteiger partial charge in [-0.3, -0.25) is 0 Å². The highest BCUT2D eigenvalue weighted by Gasteiger charge is 2.67. The minimum atomic E-state index is -0.313. The maximum atomic E-state index is 2.53. The summed E-state index contributed by atoms with van der Waals surface area (Å²) in [5, 5.41) is 2.62. The first-order valence-electron chi connectivity index (χ1n) is 10.4. The van der Waals surface area contributed by atoms with Crippen LogP contribution in [-0.2, 0) is 5.66 Å². The van der Waals surface area contributed by atoms with E-state index in [0.717, 1.165) is 12.8 Å². The van der Waals surface area contributed by atoms with Crippen LogP contribution in [0.1, 0.15) is 24.1 Å². The van der Waals surface area contributed by atoms with Crippen molar-refractivity contribution < 1.29 is 9.13 Å². The molecule has 136 valence electrons. The van der Waals surface area contributed by atoms with Crippen LogP contribution in [0.5, 0.6) is 0 Å². The van der Waals surface area contributed by atoms with Gasteiger partial charge in [0.15, 0.2) is 12.4 Å². The Kier molecular flexibility index (Phi) is 2.81. The summed E-state index contributed by atoms with van der Waals surface area (Å²) in [4.78, 5) is 0. The molecule has 0 fully saturated rings. The van der Waals surface area contributed by atoms with Gasteiger partial charge < -0.3 is 0 Å². The molecule has 2 aliphatic heterocycles. The van der Waals surface area contributed by atoms with Gasteiger partial charge in [0.1, 0.15) is 5.56 Å². The molecular weight excluding hydrogens is 352 g/mol. The van der Waals surface area contributed by atoms with E-state index in [2.05, 4.69) is 106 Å². The van der Waals surface area contributed by atoms with Gasteiger partial charge in [-0.05, 0) is 42.5 Å². The molecule has 2 nitrogen and oxygen atoms in total. The van der Waals surface area contributed by atoms with Crippen molar-refractivity contribution in [3.8, 4) is 11.3 Å². The van der Waals surface area contributed by atoms with E-state index in [4.69, 9.17) is 0 Å². The van der Waals surface area contributed by atoms with Crippen LogP contribution in [0, 0.1) is 0 Å². The first-order chi connectivity index (χ1) is 14.4. The first kappa shape index (κ1) is 15.4. The van der Waals surface area contributed by atoms with Gasteiger partial charge in [0, 0.05) is 18.2 Å². The van der Waals surface area contributed by atoms with Gasteiger partial charge >= 0.3 is 5.66 Å². The standard InChI is InChI=1S/C27H20N2/c1-2-10-20-19(9-1)16-18-29-26(20)22-12-4-6-14-24(22)27(29)23-13-5-3-11-21(23)25-15-7-8-17-28(25)27/h1-5,7-13,15-18H,6,14H2/q+2. The topological polar surface area (TPSA) is 7.76 Å². The van der Waals surface area contributed by atoms with E-state index in [1.807, 2.05) is 0 Å². The van der Waals surface area contributed by atoms with Gasteiger partial charge in [0.2, 0.25) is 11.4 Å². The molecule has 0 N–H and O–H groups in total. The zero-order chi connectivity index (χ0) is 19.0. The number of pyridine rings is 2. The summed E-state index contributed by atoms with van der Waals surface area (Å²) < 4.78 is 5.03. The Bertz CT molecular complexity index is 1360. The largest absolute Gasteiger partial charge is 0.413 e. The van der Waals surface area contributed by atoms with Crippen LogP contribution in [0.2, 0.25) is 0 Å². The first-order valence-corrected chi connectivity index (χ1v) is 10.4. The molecule has 1 atom stereocenters. The lowest BCUT2D eigenvalue weighted by molar-refractivity contribution is -0.961. The summed E-state index contributed by atoms with van der Waals surface area (Å²) in [6, 6.07) is 26.6. The number of hydrogen-bond donors (Lipinski definition) is 0. The van der Waals surface area contributed by atoms with Gasteiger partial charge in [-0.1, -0.05) is 42.5 Å². The summed E-state index contributed by atoms with van der Waals surface area (Å²) >= 11 is 0. The van der Waals surface area contributed by atoms with Gasteiger partial charge in [-0.15, -0.1) is 9.13 Å². The Morgan fingerprint density at radius 2 is 1.62 bits per heavy atom. The highest BCUT2D eigenvalue weighted by Crippen LogP contribution is 2.49. The van der Waals surface area contributed by atoms with E-state index >= 15 is 0 Å². The summed E-state index contributed by atoms with van der Waals surface area (Å²) in [6.07, 6.45) is 11.4. The van der Waals surface area contributed by atoms with Crippen LogP contribution < -0.4 is 9.13 Å².